The lowest BCUT2D eigenvalue weighted by atomic mass is 9.83. The van der Waals surface area contributed by atoms with E-state index in [0.29, 0.717) is 5.57 Å². The summed E-state index contributed by atoms with van der Waals surface area (Å²) in [6, 6.07) is 0. The topological polar surface area (TPSA) is 3.24 Å². The molecule has 0 amide bonds. The molecule has 0 radical (unpaired) electrons. The zero-order valence-electron chi connectivity index (χ0n) is 9.53. The minimum absolute atomic E-state index is 0.194. The first-order chi connectivity index (χ1) is 5.68. The van der Waals surface area contributed by atoms with Crippen molar-refractivity contribution >= 4 is 0 Å². The lowest BCUT2D eigenvalue weighted by Gasteiger charge is -2.26. The number of rotatable bonds is 2. The van der Waals surface area contributed by atoms with Crippen molar-refractivity contribution in [1.82, 2.24) is 4.90 Å². The molecule has 0 aliphatic heterocycles. The Morgan fingerprint density at radius 1 is 1.23 bits per heavy atom. The van der Waals surface area contributed by atoms with Crippen LogP contribution in [0.15, 0.2) is 23.7 Å². The molecule has 0 atom stereocenters. The lowest BCUT2D eigenvalue weighted by molar-refractivity contribution is 0.343. The summed E-state index contributed by atoms with van der Waals surface area (Å²) in [5, 5.41) is 0. The third-order valence-corrected chi connectivity index (χ3v) is 1.78. The molecule has 0 aromatic carbocycles. The Morgan fingerprint density at radius 3 is 1.69 bits per heavy atom. The van der Waals surface area contributed by atoms with Gasteiger partial charge in [0.25, 0.3) is 0 Å². The van der Waals surface area contributed by atoms with Crippen LogP contribution in [0.2, 0.25) is 0 Å². The molecule has 0 saturated heterocycles. The van der Waals surface area contributed by atoms with Crippen LogP contribution in [0.3, 0.4) is 0 Å². The molecule has 0 saturated carbocycles. The van der Waals surface area contributed by atoms with Crippen LogP contribution in [0.5, 0.6) is 0 Å². The minimum atomic E-state index is -0.194. The van der Waals surface area contributed by atoms with E-state index in [2.05, 4.69) is 6.58 Å². The maximum atomic E-state index is 13.7. The first-order valence-electron chi connectivity index (χ1n) is 4.41. The van der Waals surface area contributed by atoms with E-state index in [9.17, 15) is 4.39 Å². The van der Waals surface area contributed by atoms with Gasteiger partial charge in [-0.1, -0.05) is 32.9 Å². The van der Waals surface area contributed by atoms with Crippen molar-refractivity contribution in [2.75, 3.05) is 14.1 Å². The molecule has 13 heavy (non-hydrogen) atoms. The van der Waals surface area contributed by atoms with E-state index in [1.54, 1.807) is 14.1 Å². The standard InChI is InChI=1S/C11H20FN/c1-8(2)9(11(3,4)5)10(12)13(6)7/h1H2,2-7H3/b10-9+. The molecule has 1 nitrogen and oxygen atoms in total. The largest absolute Gasteiger partial charge is 0.354 e. The van der Waals surface area contributed by atoms with Gasteiger partial charge in [-0.3, -0.25) is 0 Å². The molecule has 0 aliphatic rings. The van der Waals surface area contributed by atoms with E-state index < -0.39 is 0 Å². The first-order valence-corrected chi connectivity index (χ1v) is 4.41. The molecular formula is C11H20FN. The highest BCUT2D eigenvalue weighted by molar-refractivity contribution is 5.33. The average molecular weight is 185 g/mol. The van der Waals surface area contributed by atoms with Crippen LogP contribution in [0.1, 0.15) is 27.7 Å². The average Bonchev–Trinajstić information content (AvgIpc) is 1.82. The SMILES string of the molecule is C=C(C)/C(=C(/F)N(C)C)C(C)(C)C. The minimum Gasteiger partial charge on any atom is -0.354 e. The molecule has 76 valence electrons. The third-order valence-electron chi connectivity index (χ3n) is 1.78. The Hall–Kier alpha value is -0.790. The van der Waals surface area contributed by atoms with Gasteiger partial charge in [0.05, 0.1) is 0 Å². The van der Waals surface area contributed by atoms with E-state index in [4.69, 9.17) is 0 Å². The molecule has 0 bridgehead atoms. The summed E-state index contributed by atoms with van der Waals surface area (Å²) in [6.45, 7) is 11.6. The highest BCUT2D eigenvalue weighted by Gasteiger charge is 2.23. The second-order valence-electron chi connectivity index (χ2n) is 4.59. The van der Waals surface area contributed by atoms with Gasteiger partial charge in [-0.2, -0.15) is 4.39 Å². The quantitative estimate of drug-likeness (QED) is 0.471. The first kappa shape index (κ1) is 12.2. The fourth-order valence-electron chi connectivity index (χ4n) is 1.35. The number of hydrogen-bond donors (Lipinski definition) is 0. The predicted octanol–water partition coefficient (Wildman–Crippen LogP) is 3.35. The van der Waals surface area contributed by atoms with E-state index in [0.717, 1.165) is 5.57 Å². The molecule has 0 unspecified atom stereocenters. The van der Waals surface area contributed by atoms with E-state index >= 15 is 0 Å². The van der Waals surface area contributed by atoms with Crippen molar-refractivity contribution in [3.8, 4) is 0 Å². The summed E-state index contributed by atoms with van der Waals surface area (Å²) >= 11 is 0. The maximum Gasteiger partial charge on any atom is 0.193 e. The fourth-order valence-corrected chi connectivity index (χ4v) is 1.35. The van der Waals surface area contributed by atoms with Gasteiger partial charge in [-0.05, 0) is 12.3 Å². The maximum absolute atomic E-state index is 13.7. The molecular weight excluding hydrogens is 165 g/mol. The molecule has 0 fully saturated rings. The number of hydrogen-bond acceptors (Lipinski definition) is 1. The van der Waals surface area contributed by atoms with Gasteiger partial charge in [0, 0.05) is 19.7 Å². The number of halogens is 1. The van der Waals surface area contributed by atoms with Crippen molar-refractivity contribution in [3.63, 3.8) is 0 Å². The van der Waals surface area contributed by atoms with Gasteiger partial charge in [0.1, 0.15) is 0 Å². The summed E-state index contributed by atoms with van der Waals surface area (Å²) in [5.74, 6) is -0.194. The molecule has 0 heterocycles. The second-order valence-corrected chi connectivity index (χ2v) is 4.59. The molecule has 0 aromatic heterocycles. The lowest BCUT2D eigenvalue weighted by Crippen LogP contribution is -2.18. The zero-order valence-corrected chi connectivity index (χ0v) is 9.53. The Morgan fingerprint density at radius 2 is 1.62 bits per heavy atom. The third kappa shape index (κ3) is 3.21. The molecule has 2 heteroatoms. The van der Waals surface area contributed by atoms with E-state index in [1.807, 2.05) is 27.7 Å². The second kappa shape index (κ2) is 3.95. The molecule has 0 aliphatic carbocycles. The normalized spacial score (nSPS) is 13.8. The number of allylic oxidation sites excluding steroid dienone is 2. The molecule has 0 spiro atoms. The van der Waals surface area contributed by atoms with E-state index in [-0.39, 0.29) is 11.4 Å². The van der Waals surface area contributed by atoms with Gasteiger partial charge in [-0.25, -0.2) is 0 Å². The van der Waals surface area contributed by atoms with Crippen LogP contribution in [-0.4, -0.2) is 19.0 Å². The molecule has 0 N–H and O–H groups in total. The van der Waals surface area contributed by atoms with Crippen LogP contribution in [0, 0.1) is 5.41 Å². The summed E-state index contributed by atoms with van der Waals surface area (Å²) in [7, 11) is 3.40. The summed E-state index contributed by atoms with van der Waals surface area (Å²) in [6.07, 6.45) is 0. The van der Waals surface area contributed by atoms with Crippen molar-refractivity contribution < 1.29 is 4.39 Å². The Bertz CT molecular complexity index is 231. The van der Waals surface area contributed by atoms with Crippen molar-refractivity contribution in [2.24, 2.45) is 5.41 Å². The van der Waals surface area contributed by atoms with Crippen LogP contribution in [0.4, 0.5) is 4.39 Å². The van der Waals surface area contributed by atoms with Gasteiger partial charge >= 0.3 is 0 Å². The highest BCUT2D eigenvalue weighted by Crippen LogP contribution is 2.33. The van der Waals surface area contributed by atoms with Gasteiger partial charge in [0.15, 0.2) is 5.95 Å². The Kier molecular flexibility index (Phi) is 3.71. The molecule has 0 rings (SSSR count). The van der Waals surface area contributed by atoms with Crippen LogP contribution in [0.25, 0.3) is 0 Å². The predicted molar refractivity (Wildman–Crippen MR) is 56.1 cm³/mol. The van der Waals surface area contributed by atoms with Crippen molar-refractivity contribution in [2.45, 2.75) is 27.7 Å². The van der Waals surface area contributed by atoms with Gasteiger partial charge < -0.3 is 4.90 Å². The van der Waals surface area contributed by atoms with Gasteiger partial charge in [0.2, 0.25) is 0 Å². The number of nitrogens with zero attached hydrogens (tertiary/aromatic N) is 1. The summed E-state index contributed by atoms with van der Waals surface area (Å²) in [4.78, 5) is 1.48. The van der Waals surface area contributed by atoms with Crippen molar-refractivity contribution in [1.29, 1.82) is 0 Å². The van der Waals surface area contributed by atoms with Gasteiger partial charge in [-0.15, -0.1) is 0 Å². The van der Waals surface area contributed by atoms with E-state index in [1.165, 1.54) is 4.90 Å². The monoisotopic (exact) mass is 185 g/mol. The van der Waals surface area contributed by atoms with Crippen LogP contribution in [-0.2, 0) is 0 Å². The summed E-state index contributed by atoms with van der Waals surface area (Å²) < 4.78 is 13.7. The van der Waals surface area contributed by atoms with Crippen molar-refractivity contribution in [3.05, 3.63) is 23.7 Å². The van der Waals surface area contributed by atoms with Crippen LogP contribution >= 0.6 is 0 Å². The zero-order chi connectivity index (χ0) is 10.8. The Labute approximate surface area is 80.9 Å². The fraction of sp³-hybridized carbons (Fsp3) is 0.636. The van der Waals surface area contributed by atoms with Crippen LogP contribution < -0.4 is 0 Å². The molecule has 0 aromatic rings. The summed E-state index contributed by atoms with van der Waals surface area (Å²) in [5.41, 5.74) is 1.29. The Balaban J connectivity index is 5.27. The highest BCUT2D eigenvalue weighted by atomic mass is 19.1. The smallest absolute Gasteiger partial charge is 0.193 e.